The van der Waals surface area contributed by atoms with Crippen LogP contribution in [0.4, 0.5) is 22.8 Å². The monoisotopic (exact) mass is 600 g/mol. The highest BCUT2D eigenvalue weighted by molar-refractivity contribution is 6.01. The van der Waals surface area contributed by atoms with E-state index in [1.165, 1.54) is 19.2 Å². The van der Waals surface area contributed by atoms with E-state index < -0.39 is 35.7 Å². The number of esters is 1. The topological polar surface area (TPSA) is 100 Å². The average molecular weight is 601 g/mol. The minimum atomic E-state index is -1.40. The molecule has 2 fully saturated rings. The molecule has 1 saturated carbocycles. The minimum Gasteiger partial charge on any atom is -0.466 e. The van der Waals surface area contributed by atoms with Crippen molar-refractivity contribution in [2.75, 3.05) is 33.9 Å². The van der Waals surface area contributed by atoms with Crippen LogP contribution < -0.4 is 10.6 Å². The molecular formula is C31H35F3N4O5. The van der Waals surface area contributed by atoms with Crippen LogP contribution in [0, 0.1) is 17.5 Å². The standard InChI is InChI=1S/C31H35F3N4O5/c1-42-17-26-27(29(39)43-2)28(19-9-12-24(33)25(34)15-19)38(31(41)36-26)30(40)35-20-13-14-37(16-20)21-10-7-18(8-11-21)22-5-3-4-6-23(22)32/h3-6,9,12,15,18,20-21,28H,7-8,10-11,13-14,16-17H2,1-2H3,(H,35,40)(H,36,41)/t18?,20-,21?,28+/m1/s1. The summed E-state index contributed by atoms with van der Waals surface area (Å²) in [7, 11) is 2.50. The molecule has 2 aromatic rings. The van der Waals surface area contributed by atoms with Crippen molar-refractivity contribution in [3.8, 4) is 0 Å². The first-order valence-corrected chi connectivity index (χ1v) is 14.4. The molecule has 1 aliphatic carbocycles. The molecule has 0 spiro atoms. The van der Waals surface area contributed by atoms with Crippen LogP contribution in [0.15, 0.2) is 53.7 Å². The number of nitrogens with one attached hydrogen (secondary N) is 2. The van der Waals surface area contributed by atoms with E-state index in [4.69, 9.17) is 9.47 Å². The highest BCUT2D eigenvalue weighted by Crippen LogP contribution is 2.38. The lowest BCUT2D eigenvalue weighted by Gasteiger charge is -2.37. The second-order valence-electron chi connectivity index (χ2n) is 11.2. The van der Waals surface area contributed by atoms with E-state index in [0.717, 1.165) is 61.9 Å². The third kappa shape index (κ3) is 6.40. The predicted molar refractivity (Wildman–Crippen MR) is 150 cm³/mol. The molecule has 2 aromatic carbocycles. The maximum absolute atomic E-state index is 14.3. The van der Waals surface area contributed by atoms with E-state index in [2.05, 4.69) is 15.5 Å². The Morgan fingerprint density at radius 3 is 2.40 bits per heavy atom. The zero-order chi connectivity index (χ0) is 30.7. The molecule has 2 N–H and O–H groups in total. The summed E-state index contributed by atoms with van der Waals surface area (Å²) in [5.41, 5.74) is 0.690. The van der Waals surface area contributed by atoms with Gasteiger partial charge >= 0.3 is 18.0 Å². The van der Waals surface area contributed by atoms with Gasteiger partial charge in [-0.15, -0.1) is 0 Å². The second-order valence-corrected chi connectivity index (χ2v) is 11.2. The predicted octanol–water partition coefficient (Wildman–Crippen LogP) is 4.75. The first kappa shape index (κ1) is 30.6. The van der Waals surface area contributed by atoms with Gasteiger partial charge in [-0.1, -0.05) is 24.3 Å². The SMILES string of the molecule is COCC1=C(C(=O)OC)[C@H](c2ccc(F)c(F)c2)N(C(=O)N[C@@H]2CCN(C3CCC(c4ccccc4F)CC3)C2)C(=O)N1. The normalized spacial score (nSPS) is 24.6. The molecule has 2 aliphatic heterocycles. The molecule has 43 heavy (non-hydrogen) atoms. The summed E-state index contributed by atoms with van der Waals surface area (Å²) in [6.07, 6.45) is 4.19. The number of urea groups is 2. The number of nitrogens with zero attached hydrogens (tertiary/aromatic N) is 2. The van der Waals surface area contributed by atoms with Crippen LogP contribution in [0.25, 0.3) is 0 Å². The van der Waals surface area contributed by atoms with Crippen molar-refractivity contribution in [3.05, 3.63) is 82.3 Å². The highest BCUT2D eigenvalue weighted by Gasteiger charge is 2.44. The van der Waals surface area contributed by atoms with E-state index >= 15 is 0 Å². The van der Waals surface area contributed by atoms with Gasteiger partial charge in [0.25, 0.3) is 0 Å². The van der Waals surface area contributed by atoms with Crippen molar-refractivity contribution in [3.63, 3.8) is 0 Å². The second kappa shape index (κ2) is 13.2. The number of halogens is 3. The number of hydrogen-bond donors (Lipinski definition) is 2. The van der Waals surface area contributed by atoms with E-state index in [-0.39, 0.29) is 41.2 Å². The van der Waals surface area contributed by atoms with Gasteiger partial charge in [-0.2, -0.15) is 0 Å². The van der Waals surface area contributed by atoms with Crippen molar-refractivity contribution >= 4 is 18.0 Å². The van der Waals surface area contributed by atoms with Crippen LogP contribution in [-0.4, -0.2) is 73.8 Å². The molecule has 2 atom stereocenters. The smallest absolute Gasteiger partial charge is 0.338 e. The van der Waals surface area contributed by atoms with E-state index in [0.29, 0.717) is 19.0 Å². The average Bonchev–Trinajstić information content (AvgIpc) is 3.46. The number of benzene rings is 2. The van der Waals surface area contributed by atoms with Crippen LogP contribution in [-0.2, 0) is 14.3 Å². The van der Waals surface area contributed by atoms with Gasteiger partial charge in [0, 0.05) is 32.3 Å². The summed E-state index contributed by atoms with van der Waals surface area (Å²) in [5, 5.41) is 5.42. The third-order valence-electron chi connectivity index (χ3n) is 8.61. The van der Waals surface area contributed by atoms with Gasteiger partial charge in [-0.05, 0) is 67.3 Å². The van der Waals surface area contributed by atoms with Crippen LogP contribution in [0.3, 0.4) is 0 Å². The number of ether oxygens (including phenoxy) is 2. The van der Waals surface area contributed by atoms with Crippen LogP contribution in [0.2, 0.25) is 0 Å². The number of imide groups is 1. The fraction of sp³-hybridized carbons (Fsp3) is 0.452. The molecule has 0 unspecified atom stereocenters. The fourth-order valence-corrected chi connectivity index (χ4v) is 6.52. The Balaban J connectivity index is 1.31. The Hall–Kier alpha value is -3.90. The van der Waals surface area contributed by atoms with E-state index in [1.807, 2.05) is 12.1 Å². The van der Waals surface area contributed by atoms with Gasteiger partial charge in [0.1, 0.15) is 11.9 Å². The van der Waals surface area contributed by atoms with Crippen molar-refractivity contribution in [2.45, 2.75) is 56.1 Å². The number of carbonyl (C=O) groups excluding carboxylic acids is 3. The molecule has 4 amide bonds. The fourth-order valence-electron chi connectivity index (χ4n) is 6.52. The number of amides is 4. The van der Waals surface area contributed by atoms with Crippen LogP contribution in [0.5, 0.6) is 0 Å². The zero-order valence-electron chi connectivity index (χ0n) is 24.1. The van der Waals surface area contributed by atoms with Crippen LogP contribution >= 0.6 is 0 Å². The van der Waals surface area contributed by atoms with Gasteiger partial charge in [0.2, 0.25) is 0 Å². The minimum absolute atomic E-state index is 0.0116. The van der Waals surface area contributed by atoms with E-state index in [1.54, 1.807) is 6.07 Å². The molecule has 3 aliphatic rings. The first-order valence-electron chi connectivity index (χ1n) is 14.4. The molecular weight excluding hydrogens is 565 g/mol. The maximum Gasteiger partial charge on any atom is 0.338 e. The number of carbonyl (C=O) groups is 3. The zero-order valence-corrected chi connectivity index (χ0v) is 24.1. The summed E-state index contributed by atoms with van der Waals surface area (Å²) in [4.78, 5) is 43.0. The third-order valence-corrected chi connectivity index (χ3v) is 8.61. The van der Waals surface area contributed by atoms with Gasteiger partial charge in [-0.3, -0.25) is 4.90 Å². The Labute approximate surface area is 248 Å². The Morgan fingerprint density at radius 2 is 1.72 bits per heavy atom. The largest absolute Gasteiger partial charge is 0.466 e. The molecule has 12 heteroatoms. The number of hydrogen-bond acceptors (Lipinski definition) is 6. The molecule has 0 aromatic heterocycles. The Bertz CT molecular complexity index is 1410. The molecule has 5 rings (SSSR count). The summed E-state index contributed by atoms with van der Waals surface area (Å²) >= 11 is 0. The van der Waals surface area contributed by atoms with Gasteiger partial charge < -0.3 is 20.1 Å². The van der Waals surface area contributed by atoms with Crippen molar-refractivity contribution in [2.24, 2.45) is 0 Å². The molecule has 9 nitrogen and oxygen atoms in total. The number of methoxy groups -OCH3 is 2. The lowest BCUT2D eigenvalue weighted by molar-refractivity contribution is -0.137. The quantitative estimate of drug-likeness (QED) is 0.445. The Morgan fingerprint density at radius 1 is 0.977 bits per heavy atom. The summed E-state index contributed by atoms with van der Waals surface area (Å²) in [6.45, 7) is 1.10. The molecule has 230 valence electrons. The molecule has 1 saturated heterocycles. The van der Waals surface area contributed by atoms with Gasteiger partial charge in [-0.25, -0.2) is 32.5 Å². The lowest BCUT2D eigenvalue weighted by atomic mass is 9.81. The van der Waals surface area contributed by atoms with Gasteiger partial charge in [0.05, 0.1) is 25.0 Å². The van der Waals surface area contributed by atoms with E-state index in [9.17, 15) is 27.6 Å². The maximum atomic E-state index is 14.3. The lowest BCUT2D eigenvalue weighted by Crippen LogP contribution is -2.56. The highest BCUT2D eigenvalue weighted by atomic mass is 19.2. The van der Waals surface area contributed by atoms with Gasteiger partial charge in [0.15, 0.2) is 11.6 Å². The first-order chi connectivity index (χ1) is 20.7. The molecule has 2 heterocycles. The van der Waals surface area contributed by atoms with Crippen LogP contribution in [0.1, 0.15) is 55.2 Å². The summed E-state index contributed by atoms with van der Waals surface area (Å²) in [5.74, 6) is -3.16. The summed E-state index contributed by atoms with van der Waals surface area (Å²) < 4.78 is 52.5. The van der Waals surface area contributed by atoms with Crippen molar-refractivity contribution in [1.29, 1.82) is 0 Å². The molecule has 0 radical (unpaired) electrons. The van der Waals surface area contributed by atoms with Crippen molar-refractivity contribution < 1.29 is 37.0 Å². The number of rotatable bonds is 7. The molecule has 0 bridgehead atoms. The van der Waals surface area contributed by atoms with Crippen molar-refractivity contribution in [1.82, 2.24) is 20.4 Å². The Kier molecular flexibility index (Phi) is 9.36. The number of likely N-dealkylation sites (tertiary alicyclic amines) is 1. The summed E-state index contributed by atoms with van der Waals surface area (Å²) in [6, 6.07) is 6.80.